The molecule has 0 aromatic carbocycles. The minimum Gasteiger partial charge on any atom is -0.383 e. The topological polar surface area (TPSA) is 46.9 Å². The summed E-state index contributed by atoms with van der Waals surface area (Å²) in [6, 6.07) is 1.62. The van der Waals surface area contributed by atoms with Gasteiger partial charge >= 0.3 is 0 Å². The van der Waals surface area contributed by atoms with Crippen LogP contribution < -0.4 is 10.9 Å². The molecule has 0 fully saturated rings. The average molecular weight is 237 g/mol. The number of nitrogens with zero attached hydrogens (tertiary/aromatic N) is 2. The van der Waals surface area contributed by atoms with Crippen molar-refractivity contribution < 1.29 is 0 Å². The van der Waals surface area contributed by atoms with E-state index in [0.29, 0.717) is 18.4 Å². The summed E-state index contributed by atoms with van der Waals surface area (Å²) in [6.45, 7) is 10.1. The van der Waals surface area contributed by atoms with Gasteiger partial charge in [0.15, 0.2) is 0 Å². The van der Waals surface area contributed by atoms with Crippen molar-refractivity contribution in [2.45, 2.75) is 40.7 Å². The SMILES string of the molecule is CC(C)CCn1ncc(NCC(C)C)cc1=O. The molecule has 96 valence electrons. The first-order chi connectivity index (χ1) is 7.99. The van der Waals surface area contributed by atoms with Crippen LogP contribution in [0, 0.1) is 11.8 Å². The van der Waals surface area contributed by atoms with Crippen LogP contribution in [0.4, 0.5) is 5.69 Å². The fourth-order valence-corrected chi connectivity index (χ4v) is 1.40. The number of rotatable bonds is 6. The van der Waals surface area contributed by atoms with Crippen LogP contribution in [-0.2, 0) is 6.54 Å². The summed E-state index contributed by atoms with van der Waals surface area (Å²) in [4.78, 5) is 11.8. The molecule has 17 heavy (non-hydrogen) atoms. The van der Waals surface area contributed by atoms with Crippen LogP contribution in [0.2, 0.25) is 0 Å². The smallest absolute Gasteiger partial charge is 0.268 e. The maximum absolute atomic E-state index is 11.8. The molecule has 0 spiro atoms. The Kier molecular flexibility index (Phi) is 5.19. The number of anilines is 1. The van der Waals surface area contributed by atoms with E-state index in [4.69, 9.17) is 0 Å². The number of hydrogen-bond acceptors (Lipinski definition) is 3. The first-order valence-electron chi connectivity index (χ1n) is 6.30. The molecule has 0 aliphatic carbocycles. The molecule has 1 aromatic rings. The lowest BCUT2D eigenvalue weighted by molar-refractivity contribution is 0.471. The van der Waals surface area contributed by atoms with E-state index in [1.54, 1.807) is 12.3 Å². The third kappa shape index (κ3) is 5.02. The molecule has 1 heterocycles. The van der Waals surface area contributed by atoms with Gasteiger partial charge in [-0.25, -0.2) is 4.68 Å². The molecule has 0 aliphatic heterocycles. The minimum atomic E-state index is -0.0283. The van der Waals surface area contributed by atoms with E-state index in [1.807, 2.05) is 0 Å². The number of aryl methyl sites for hydroxylation is 1. The Bertz CT molecular complexity index is 396. The third-order valence-corrected chi connectivity index (χ3v) is 2.50. The molecule has 1 aromatic heterocycles. The van der Waals surface area contributed by atoms with Crippen LogP contribution in [0.5, 0.6) is 0 Å². The number of aromatic nitrogens is 2. The van der Waals surface area contributed by atoms with Crippen molar-refractivity contribution in [2.75, 3.05) is 11.9 Å². The predicted octanol–water partition coefficient (Wildman–Crippen LogP) is 2.36. The molecular weight excluding hydrogens is 214 g/mol. The van der Waals surface area contributed by atoms with E-state index < -0.39 is 0 Å². The Labute approximate surface area is 103 Å². The number of nitrogens with one attached hydrogen (secondary N) is 1. The predicted molar refractivity (Wildman–Crippen MR) is 71.3 cm³/mol. The molecule has 4 nitrogen and oxygen atoms in total. The Balaban J connectivity index is 2.63. The second-order valence-electron chi connectivity index (χ2n) is 5.26. The normalized spacial score (nSPS) is 11.2. The summed E-state index contributed by atoms with van der Waals surface area (Å²) >= 11 is 0. The zero-order valence-electron chi connectivity index (χ0n) is 11.2. The van der Waals surface area contributed by atoms with Gasteiger partial charge in [0.2, 0.25) is 0 Å². The zero-order valence-corrected chi connectivity index (χ0v) is 11.2. The van der Waals surface area contributed by atoms with Crippen molar-refractivity contribution in [2.24, 2.45) is 11.8 Å². The van der Waals surface area contributed by atoms with Crippen molar-refractivity contribution in [1.29, 1.82) is 0 Å². The molecule has 4 heteroatoms. The van der Waals surface area contributed by atoms with Crippen molar-refractivity contribution >= 4 is 5.69 Å². The lowest BCUT2D eigenvalue weighted by atomic mass is 10.1. The maximum atomic E-state index is 11.8. The molecule has 0 aliphatic rings. The van der Waals surface area contributed by atoms with Crippen molar-refractivity contribution in [1.82, 2.24) is 9.78 Å². The van der Waals surface area contributed by atoms with Gasteiger partial charge in [-0.3, -0.25) is 4.79 Å². The summed E-state index contributed by atoms with van der Waals surface area (Å²) in [5, 5.41) is 7.37. The van der Waals surface area contributed by atoms with Gasteiger partial charge in [-0.05, 0) is 18.3 Å². The highest BCUT2D eigenvalue weighted by Gasteiger charge is 2.02. The van der Waals surface area contributed by atoms with E-state index in [1.165, 1.54) is 4.68 Å². The molecule has 0 saturated carbocycles. The van der Waals surface area contributed by atoms with Crippen molar-refractivity contribution in [3.63, 3.8) is 0 Å². The number of hydrogen-bond donors (Lipinski definition) is 1. The monoisotopic (exact) mass is 237 g/mol. The molecule has 1 N–H and O–H groups in total. The lowest BCUT2D eigenvalue weighted by Gasteiger charge is -2.10. The minimum absolute atomic E-state index is 0.0283. The van der Waals surface area contributed by atoms with E-state index >= 15 is 0 Å². The van der Waals surface area contributed by atoms with Crippen LogP contribution in [0.3, 0.4) is 0 Å². The highest BCUT2D eigenvalue weighted by molar-refractivity contribution is 5.38. The van der Waals surface area contributed by atoms with Gasteiger partial charge in [0, 0.05) is 19.2 Å². The van der Waals surface area contributed by atoms with Crippen LogP contribution in [0.15, 0.2) is 17.1 Å². The van der Waals surface area contributed by atoms with Crippen LogP contribution in [-0.4, -0.2) is 16.3 Å². The second-order valence-corrected chi connectivity index (χ2v) is 5.26. The summed E-state index contributed by atoms with van der Waals surface area (Å²) in [5.41, 5.74) is 0.781. The van der Waals surface area contributed by atoms with Crippen LogP contribution in [0.1, 0.15) is 34.1 Å². The second kappa shape index (κ2) is 6.42. The van der Waals surface area contributed by atoms with Gasteiger partial charge in [-0.1, -0.05) is 27.7 Å². The van der Waals surface area contributed by atoms with Gasteiger partial charge < -0.3 is 5.32 Å². The highest BCUT2D eigenvalue weighted by Crippen LogP contribution is 2.03. The summed E-state index contributed by atoms with van der Waals surface area (Å²) in [5.74, 6) is 1.14. The van der Waals surface area contributed by atoms with E-state index in [0.717, 1.165) is 18.7 Å². The van der Waals surface area contributed by atoms with Crippen molar-refractivity contribution in [3.05, 3.63) is 22.6 Å². The Morgan fingerprint density at radius 3 is 2.53 bits per heavy atom. The van der Waals surface area contributed by atoms with Gasteiger partial charge in [-0.15, -0.1) is 0 Å². The van der Waals surface area contributed by atoms with Gasteiger partial charge in [0.05, 0.1) is 11.9 Å². The molecule has 0 atom stereocenters. The molecule has 1 rings (SSSR count). The highest BCUT2D eigenvalue weighted by atomic mass is 16.1. The largest absolute Gasteiger partial charge is 0.383 e. The third-order valence-electron chi connectivity index (χ3n) is 2.50. The van der Waals surface area contributed by atoms with E-state index in [2.05, 4.69) is 38.1 Å². The van der Waals surface area contributed by atoms with Gasteiger partial charge in [-0.2, -0.15) is 5.10 Å². The Hall–Kier alpha value is -1.32. The molecule has 0 unspecified atom stereocenters. The first-order valence-corrected chi connectivity index (χ1v) is 6.30. The molecule has 0 saturated heterocycles. The standard InChI is InChI=1S/C13H23N3O/c1-10(2)5-6-16-13(17)7-12(9-15-16)14-8-11(3)4/h7,9-11,14H,5-6,8H2,1-4H3. The lowest BCUT2D eigenvalue weighted by Crippen LogP contribution is -2.23. The maximum Gasteiger partial charge on any atom is 0.268 e. The fraction of sp³-hybridized carbons (Fsp3) is 0.692. The molecule has 0 bridgehead atoms. The quantitative estimate of drug-likeness (QED) is 0.826. The van der Waals surface area contributed by atoms with Gasteiger partial charge in [0.1, 0.15) is 0 Å². The fourth-order valence-electron chi connectivity index (χ4n) is 1.40. The molecule has 0 amide bonds. The summed E-state index contributed by atoms with van der Waals surface area (Å²) < 4.78 is 1.53. The van der Waals surface area contributed by atoms with Gasteiger partial charge in [0.25, 0.3) is 5.56 Å². The first kappa shape index (κ1) is 13.7. The van der Waals surface area contributed by atoms with E-state index in [-0.39, 0.29) is 5.56 Å². The Morgan fingerprint density at radius 1 is 1.29 bits per heavy atom. The van der Waals surface area contributed by atoms with Crippen LogP contribution in [0.25, 0.3) is 0 Å². The zero-order chi connectivity index (χ0) is 12.8. The molecular formula is C13H23N3O. The summed E-state index contributed by atoms with van der Waals surface area (Å²) in [6.07, 6.45) is 2.70. The molecule has 0 radical (unpaired) electrons. The summed E-state index contributed by atoms with van der Waals surface area (Å²) in [7, 11) is 0. The Morgan fingerprint density at radius 2 is 2.00 bits per heavy atom. The van der Waals surface area contributed by atoms with E-state index in [9.17, 15) is 4.79 Å². The van der Waals surface area contributed by atoms with Crippen LogP contribution >= 0.6 is 0 Å². The van der Waals surface area contributed by atoms with Crippen molar-refractivity contribution in [3.8, 4) is 0 Å². The average Bonchev–Trinajstić information content (AvgIpc) is 2.24.